The molecule has 4 amide bonds. The number of fused-ring (bicyclic) bond motifs is 2. The molecule has 28 heavy (non-hydrogen) atoms. The first kappa shape index (κ1) is 20.7. The van der Waals surface area contributed by atoms with Crippen molar-refractivity contribution in [1.29, 1.82) is 0 Å². The lowest BCUT2D eigenvalue weighted by Gasteiger charge is -2.29. The van der Waals surface area contributed by atoms with Crippen LogP contribution >= 0.6 is 0 Å². The lowest BCUT2D eigenvalue weighted by molar-refractivity contribution is -0.143. The quantitative estimate of drug-likeness (QED) is 0.475. The van der Waals surface area contributed by atoms with Gasteiger partial charge in [0.1, 0.15) is 11.6 Å². The second kappa shape index (κ2) is 8.12. The Morgan fingerprint density at radius 3 is 2.68 bits per heavy atom. The molecule has 10 heteroatoms. The summed E-state index contributed by atoms with van der Waals surface area (Å²) >= 11 is 0. The number of amides is 4. The molecule has 4 atom stereocenters. The van der Waals surface area contributed by atoms with E-state index in [1.54, 1.807) is 0 Å². The van der Waals surface area contributed by atoms with Gasteiger partial charge in [-0.1, -0.05) is 0 Å². The van der Waals surface area contributed by atoms with Crippen molar-refractivity contribution in [3.05, 3.63) is 0 Å². The van der Waals surface area contributed by atoms with Crippen LogP contribution in [0.4, 0.5) is 9.59 Å². The molecule has 3 aliphatic rings. The average molecular weight is 398 g/mol. The topological polar surface area (TPSA) is 120 Å². The minimum Gasteiger partial charge on any atom is -0.444 e. The van der Waals surface area contributed by atoms with Crippen molar-refractivity contribution in [3.8, 4) is 0 Å². The summed E-state index contributed by atoms with van der Waals surface area (Å²) in [5, 5.41) is 13.2. The number of hydroxylamine groups is 3. The monoisotopic (exact) mass is 398 g/mol. The van der Waals surface area contributed by atoms with Crippen LogP contribution in [0.2, 0.25) is 0 Å². The molecular formula is C18H30N4O6. The highest BCUT2D eigenvalue weighted by Gasteiger charge is 2.47. The van der Waals surface area contributed by atoms with E-state index in [-0.39, 0.29) is 24.0 Å². The fourth-order valence-corrected chi connectivity index (χ4v) is 4.00. The Morgan fingerprint density at radius 2 is 1.96 bits per heavy atom. The van der Waals surface area contributed by atoms with E-state index >= 15 is 0 Å². The van der Waals surface area contributed by atoms with Crippen LogP contribution in [0, 0.1) is 5.92 Å². The Bertz CT molecular complexity index is 622. The van der Waals surface area contributed by atoms with E-state index in [4.69, 9.17) is 9.57 Å². The molecule has 0 radical (unpaired) electrons. The minimum absolute atomic E-state index is 0.130. The molecule has 2 bridgehead atoms. The molecule has 3 rings (SSSR count). The number of carbonyl (C=O) groups excluding carboxylic acids is 3. The van der Waals surface area contributed by atoms with Gasteiger partial charge in [-0.15, -0.1) is 0 Å². The van der Waals surface area contributed by atoms with Crippen LogP contribution in [0.15, 0.2) is 0 Å². The molecule has 10 nitrogen and oxygen atoms in total. The van der Waals surface area contributed by atoms with Crippen LogP contribution in [0.25, 0.3) is 0 Å². The summed E-state index contributed by atoms with van der Waals surface area (Å²) in [5.74, 6) is -0.106. The molecule has 158 valence electrons. The van der Waals surface area contributed by atoms with Gasteiger partial charge < -0.3 is 15.0 Å². The SMILES string of the molecule is CC(C)(C)OC(=O)NC[C@H]1CC[C@H](ONC(=O)[C@@H]2CC[C@@H]3CN2C(=O)N3O)C1. The first-order chi connectivity index (χ1) is 13.1. The largest absolute Gasteiger partial charge is 0.444 e. The van der Waals surface area contributed by atoms with Gasteiger partial charge in [0, 0.05) is 13.1 Å². The zero-order valence-electron chi connectivity index (χ0n) is 16.6. The van der Waals surface area contributed by atoms with Gasteiger partial charge in [-0.2, -0.15) is 0 Å². The summed E-state index contributed by atoms with van der Waals surface area (Å²) in [6.45, 7) is 6.30. The molecule has 0 spiro atoms. The van der Waals surface area contributed by atoms with Crippen LogP contribution in [0.1, 0.15) is 52.9 Å². The predicted molar refractivity (Wildman–Crippen MR) is 97.1 cm³/mol. The molecule has 3 N–H and O–H groups in total. The molecule has 2 heterocycles. The maximum absolute atomic E-state index is 12.4. The zero-order chi connectivity index (χ0) is 20.5. The van der Waals surface area contributed by atoms with Gasteiger partial charge in [-0.3, -0.25) is 14.8 Å². The fourth-order valence-electron chi connectivity index (χ4n) is 4.00. The van der Waals surface area contributed by atoms with Crippen molar-refractivity contribution in [3.63, 3.8) is 0 Å². The number of piperidine rings is 1. The van der Waals surface area contributed by atoms with Crippen molar-refractivity contribution >= 4 is 18.0 Å². The first-order valence-electron chi connectivity index (χ1n) is 9.85. The van der Waals surface area contributed by atoms with E-state index in [1.807, 2.05) is 20.8 Å². The number of carbonyl (C=O) groups is 3. The van der Waals surface area contributed by atoms with E-state index < -0.39 is 23.8 Å². The molecule has 1 saturated carbocycles. The summed E-state index contributed by atoms with van der Waals surface area (Å²) in [5.41, 5.74) is 1.95. The standard InChI is InChI=1S/C18H30N4O6/c1-18(2,3)27-16(24)19-9-11-4-6-13(8-11)28-20-15(23)14-7-5-12-10-21(14)17(25)22(12)26/h11-14,26H,4-10H2,1-3H3,(H,19,24)(H,20,23)/t11-,12+,13-,14-/m0/s1. The highest BCUT2D eigenvalue weighted by molar-refractivity contribution is 5.87. The van der Waals surface area contributed by atoms with Gasteiger partial charge in [0.05, 0.1) is 12.1 Å². The van der Waals surface area contributed by atoms with Crippen molar-refractivity contribution in [1.82, 2.24) is 20.8 Å². The smallest absolute Gasteiger partial charge is 0.407 e. The Labute approximate surface area is 164 Å². The van der Waals surface area contributed by atoms with E-state index in [0.29, 0.717) is 31.0 Å². The van der Waals surface area contributed by atoms with Crippen LogP contribution in [0.5, 0.6) is 0 Å². The van der Waals surface area contributed by atoms with Crippen molar-refractivity contribution in [2.24, 2.45) is 5.92 Å². The molecule has 2 saturated heterocycles. The number of nitrogens with one attached hydrogen (secondary N) is 2. The predicted octanol–water partition coefficient (Wildman–Crippen LogP) is 1.39. The Kier molecular flexibility index (Phi) is 5.99. The first-order valence-corrected chi connectivity index (χ1v) is 9.85. The number of urea groups is 1. The third kappa shape index (κ3) is 4.85. The molecule has 0 aromatic heterocycles. The number of ether oxygens (including phenoxy) is 1. The molecule has 0 aromatic rings. The highest BCUT2D eigenvalue weighted by Crippen LogP contribution is 2.29. The highest BCUT2D eigenvalue weighted by atomic mass is 16.7. The molecular weight excluding hydrogens is 368 g/mol. The fraction of sp³-hybridized carbons (Fsp3) is 0.833. The second-order valence-electron chi connectivity index (χ2n) is 8.79. The number of hydrogen-bond acceptors (Lipinski definition) is 6. The van der Waals surface area contributed by atoms with Crippen molar-refractivity contribution in [2.75, 3.05) is 13.1 Å². The normalized spacial score (nSPS) is 29.8. The molecule has 0 aromatic carbocycles. The van der Waals surface area contributed by atoms with Gasteiger partial charge in [-0.25, -0.2) is 20.1 Å². The average Bonchev–Trinajstić information content (AvgIpc) is 3.16. The van der Waals surface area contributed by atoms with E-state index in [1.165, 1.54) is 4.90 Å². The van der Waals surface area contributed by atoms with Gasteiger partial charge in [-0.05, 0) is 58.8 Å². The maximum Gasteiger partial charge on any atom is 0.407 e. The molecule has 1 aliphatic carbocycles. The Morgan fingerprint density at radius 1 is 1.21 bits per heavy atom. The Balaban J connectivity index is 1.37. The number of rotatable bonds is 5. The second-order valence-corrected chi connectivity index (χ2v) is 8.79. The summed E-state index contributed by atoms with van der Waals surface area (Å²) < 4.78 is 5.22. The van der Waals surface area contributed by atoms with Gasteiger partial charge in [0.25, 0.3) is 5.91 Å². The summed E-state index contributed by atoms with van der Waals surface area (Å²) in [6.07, 6.45) is 2.89. The van der Waals surface area contributed by atoms with Crippen molar-refractivity contribution < 1.29 is 29.2 Å². The van der Waals surface area contributed by atoms with Crippen LogP contribution in [-0.2, 0) is 14.4 Å². The Hall–Kier alpha value is -2.07. The lowest BCUT2D eigenvalue weighted by atomic mass is 10.0. The van der Waals surface area contributed by atoms with Crippen LogP contribution in [0.3, 0.4) is 0 Å². The minimum atomic E-state index is -0.619. The molecule has 2 aliphatic heterocycles. The number of hydrogen-bond donors (Lipinski definition) is 3. The van der Waals surface area contributed by atoms with Gasteiger partial charge >= 0.3 is 12.1 Å². The zero-order valence-corrected chi connectivity index (χ0v) is 16.6. The van der Waals surface area contributed by atoms with E-state index in [0.717, 1.165) is 19.3 Å². The van der Waals surface area contributed by atoms with Gasteiger partial charge in [0.2, 0.25) is 0 Å². The number of nitrogens with zero attached hydrogens (tertiary/aromatic N) is 2. The summed E-state index contributed by atoms with van der Waals surface area (Å²) in [6, 6.07) is -1.38. The van der Waals surface area contributed by atoms with E-state index in [2.05, 4.69) is 10.8 Å². The van der Waals surface area contributed by atoms with Crippen LogP contribution in [-0.4, -0.2) is 70.1 Å². The summed E-state index contributed by atoms with van der Waals surface area (Å²) in [7, 11) is 0. The summed E-state index contributed by atoms with van der Waals surface area (Å²) in [4.78, 5) is 43.0. The lowest BCUT2D eigenvalue weighted by Crippen LogP contribution is -2.50. The van der Waals surface area contributed by atoms with Crippen molar-refractivity contribution in [2.45, 2.75) is 76.7 Å². The molecule has 3 fully saturated rings. The maximum atomic E-state index is 12.4. The third-order valence-electron chi connectivity index (χ3n) is 5.40. The number of alkyl carbamates (subject to hydrolysis) is 1. The van der Waals surface area contributed by atoms with E-state index in [9.17, 15) is 19.6 Å². The molecule has 0 unspecified atom stereocenters. The van der Waals surface area contributed by atoms with Crippen LogP contribution < -0.4 is 10.8 Å². The third-order valence-corrected chi connectivity index (χ3v) is 5.40. The van der Waals surface area contributed by atoms with Gasteiger partial charge in [0.15, 0.2) is 0 Å².